The van der Waals surface area contributed by atoms with Crippen molar-refractivity contribution in [2.75, 3.05) is 14.2 Å². The lowest BCUT2D eigenvalue weighted by Crippen LogP contribution is -2.31. The SMILES string of the molecule is CCCCCn1nc(C(CC)(OC)OC)nc1Cc1ccc(-c2cnccc2C(=O)O)cc1. The molecule has 0 atom stereocenters. The Kier molecular flexibility index (Phi) is 8.30. The minimum Gasteiger partial charge on any atom is -0.478 e. The Bertz CT molecular complexity index is 1050. The molecule has 0 amide bonds. The smallest absolute Gasteiger partial charge is 0.336 e. The van der Waals surface area contributed by atoms with E-state index in [0.717, 1.165) is 42.8 Å². The van der Waals surface area contributed by atoms with Crippen molar-refractivity contribution in [2.45, 2.75) is 58.3 Å². The molecule has 2 heterocycles. The molecular weight excluding hydrogens is 420 g/mol. The Balaban J connectivity index is 1.89. The maximum Gasteiger partial charge on any atom is 0.336 e. The van der Waals surface area contributed by atoms with Crippen molar-refractivity contribution in [1.82, 2.24) is 19.7 Å². The van der Waals surface area contributed by atoms with Crippen LogP contribution in [0, 0.1) is 0 Å². The number of pyridine rings is 1. The fourth-order valence-electron chi connectivity index (χ4n) is 3.87. The lowest BCUT2D eigenvalue weighted by molar-refractivity contribution is -0.222. The van der Waals surface area contributed by atoms with Gasteiger partial charge in [-0.3, -0.25) is 4.98 Å². The summed E-state index contributed by atoms with van der Waals surface area (Å²) in [4.78, 5) is 20.4. The van der Waals surface area contributed by atoms with Gasteiger partial charge in [-0.25, -0.2) is 14.5 Å². The van der Waals surface area contributed by atoms with E-state index in [1.807, 2.05) is 35.9 Å². The third-order valence-electron chi connectivity index (χ3n) is 5.87. The number of carboxylic acids is 1. The van der Waals surface area contributed by atoms with Crippen molar-refractivity contribution < 1.29 is 19.4 Å². The number of aromatic nitrogens is 4. The molecule has 8 nitrogen and oxygen atoms in total. The summed E-state index contributed by atoms with van der Waals surface area (Å²) in [6.45, 7) is 4.93. The van der Waals surface area contributed by atoms with Crippen LogP contribution in [0.3, 0.4) is 0 Å². The Morgan fingerprint density at radius 1 is 1.09 bits per heavy atom. The molecule has 0 aliphatic rings. The van der Waals surface area contributed by atoms with E-state index in [2.05, 4.69) is 11.9 Å². The van der Waals surface area contributed by atoms with E-state index in [1.54, 1.807) is 20.4 Å². The summed E-state index contributed by atoms with van der Waals surface area (Å²) in [7, 11) is 3.21. The van der Waals surface area contributed by atoms with Crippen molar-refractivity contribution in [3.05, 3.63) is 65.5 Å². The molecule has 0 aliphatic carbocycles. The third kappa shape index (κ3) is 5.46. The van der Waals surface area contributed by atoms with E-state index >= 15 is 0 Å². The highest BCUT2D eigenvalue weighted by Gasteiger charge is 2.35. The highest BCUT2D eigenvalue weighted by atomic mass is 16.7. The first kappa shape index (κ1) is 24.5. The minimum absolute atomic E-state index is 0.230. The predicted molar refractivity (Wildman–Crippen MR) is 125 cm³/mol. The average Bonchev–Trinajstić information content (AvgIpc) is 3.24. The molecule has 0 spiro atoms. The molecular formula is C25H32N4O4. The first-order chi connectivity index (χ1) is 16.0. The summed E-state index contributed by atoms with van der Waals surface area (Å²) < 4.78 is 13.2. The second-order valence-corrected chi connectivity index (χ2v) is 7.90. The van der Waals surface area contributed by atoms with Gasteiger partial charge in [0.05, 0.1) is 5.56 Å². The van der Waals surface area contributed by atoms with Gasteiger partial charge in [0, 0.05) is 51.6 Å². The normalized spacial score (nSPS) is 11.6. The number of aryl methyl sites for hydroxylation is 1. The summed E-state index contributed by atoms with van der Waals surface area (Å²) in [5.41, 5.74) is 2.67. The third-order valence-corrected chi connectivity index (χ3v) is 5.87. The number of carboxylic acid groups (broad SMARTS) is 1. The highest BCUT2D eigenvalue weighted by Crippen LogP contribution is 2.28. The van der Waals surface area contributed by atoms with Crippen LogP contribution in [0.25, 0.3) is 11.1 Å². The van der Waals surface area contributed by atoms with Gasteiger partial charge in [-0.15, -0.1) is 0 Å². The monoisotopic (exact) mass is 452 g/mol. The van der Waals surface area contributed by atoms with Crippen LogP contribution in [-0.2, 0) is 28.2 Å². The number of unbranched alkanes of at least 4 members (excludes halogenated alkanes) is 2. The molecule has 0 aliphatic heterocycles. The van der Waals surface area contributed by atoms with Gasteiger partial charge in [0.25, 0.3) is 0 Å². The van der Waals surface area contributed by atoms with E-state index in [4.69, 9.17) is 19.6 Å². The van der Waals surface area contributed by atoms with Crippen molar-refractivity contribution in [1.29, 1.82) is 0 Å². The summed E-state index contributed by atoms with van der Waals surface area (Å²) in [5.74, 6) is -0.574. The fourth-order valence-corrected chi connectivity index (χ4v) is 3.87. The van der Waals surface area contributed by atoms with E-state index in [-0.39, 0.29) is 5.56 Å². The minimum atomic E-state index is -0.972. The number of hydrogen-bond donors (Lipinski definition) is 1. The van der Waals surface area contributed by atoms with Crippen LogP contribution in [0.1, 0.15) is 67.1 Å². The van der Waals surface area contributed by atoms with E-state index in [0.29, 0.717) is 24.2 Å². The Morgan fingerprint density at radius 2 is 1.82 bits per heavy atom. The van der Waals surface area contributed by atoms with Crippen LogP contribution in [0.15, 0.2) is 42.7 Å². The second-order valence-electron chi connectivity index (χ2n) is 7.90. The maximum absolute atomic E-state index is 11.5. The zero-order chi connectivity index (χ0) is 23.8. The molecule has 2 aromatic heterocycles. The topological polar surface area (TPSA) is 99.4 Å². The lowest BCUT2D eigenvalue weighted by atomic mass is 10.00. The van der Waals surface area contributed by atoms with Gasteiger partial charge in [-0.05, 0) is 23.6 Å². The Labute approximate surface area is 194 Å². The average molecular weight is 453 g/mol. The van der Waals surface area contributed by atoms with Crippen LogP contribution in [0.5, 0.6) is 0 Å². The van der Waals surface area contributed by atoms with Crippen LogP contribution in [0.2, 0.25) is 0 Å². The molecule has 1 N–H and O–H groups in total. The first-order valence-corrected chi connectivity index (χ1v) is 11.3. The molecule has 0 radical (unpaired) electrons. The molecule has 8 heteroatoms. The molecule has 0 unspecified atom stereocenters. The van der Waals surface area contributed by atoms with Crippen LogP contribution < -0.4 is 0 Å². The van der Waals surface area contributed by atoms with Crippen molar-refractivity contribution in [3.8, 4) is 11.1 Å². The molecule has 0 fully saturated rings. The van der Waals surface area contributed by atoms with Crippen molar-refractivity contribution in [3.63, 3.8) is 0 Å². The quantitative estimate of drug-likeness (QED) is 0.315. The number of benzene rings is 1. The highest BCUT2D eigenvalue weighted by molar-refractivity contribution is 5.95. The number of nitrogens with zero attached hydrogens (tertiary/aromatic N) is 4. The zero-order valence-corrected chi connectivity index (χ0v) is 19.7. The number of aromatic carboxylic acids is 1. The van der Waals surface area contributed by atoms with Crippen LogP contribution >= 0.6 is 0 Å². The van der Waals surface area contributed by atoms with Gasteiger partial charge >= 0.3 is 5.97 Å². The molecule has 3 aromatic rings. The van der Waals surface area contributed by atoms with Gasteiger partial charge in [0.1, 0.15) is 5.82 Å². The van der Waals surface area contributed by atoms with E-state index in [9.17, 15) is 9.90 Å². The lowest BCUT2D eigenvalue weighted by Gasteiger charge is -2.26. The largest absolute Gasteiger partial charge is 0.478 e. The zero-order valence-electron chi connectivity index (χ0n) is 19.7. The van der Waals surface area contributed by atoms with Crippen LogP contribution in [-0.4, -0.2) is 45.0 Å². The molecule has 176 valence electrons. The fraction of sp³-hybridized carbons (Fsp3) is 0.440. The van der Waals surface area contributed by atoms with Gasteiger partial charge in [0.15, 0.2) is 0 Å². The van der Waals surface area contributed by atoms with E-state index in [1.165, 1.54) is 12.3 Å². The van der Waals surface area contributed by atoms with Crippen LogP contribution in [0.4, 0.5) is 0 Å². The maximum atomic E-state index is 11.5. The first-order valence-electron chi connectivity index (χ1n) is 11.3. The Hall–Kier alpha value is -3.10. The van der Waals surface area contributed by atoms with E-state index < -0.39 is 11.8 Å². The Morgan fingerprint density at radius 3 is 2.42 bits per heavy atom. The number of carbonyl (C=O) groups is 1. The molecule has 0 bridgehead atoms. The van der Waals surface area contributed by atoms with Crippen molar-refractivity contribution in [2.24, 2.45) is 0 Å². The number of rotatable bonds is 12. The number of hydrogen-bond acceptors (Lipinski definition) is 6. The second kappa shape index (κ2) is 11.2. The van der Waals surface area contributed by atoms with Gasteiger partial charge in [0.2, 0.25) is 11.6 Å². The predicted octanol–water partition coefficient (Wildman–Crippen LogP) is 4.67. The molecule has 0 saturated carbocycles. The summed E-state index contributed by atoms with van der Waals surface area (Å²) in [5, 5.41) is 14.2. The van der Waals surface area contributed by atoms with Gasteiger partial charge in [-0.1, -0.05) is 51.0 Å². The number of ether oxygens (including phenoxy) is 2. The number of methoxy groups -OCH3 is 2. The molecule has 1 aromatic carbocycles. The van der Waals surface area contributed by atoms with Gasteiger partial charge in [-0.2, -0.15) is 5.10 Å². The standard InChI is InChI=1S/C25H32N4O4/c1-5-7-8-15-29-22(27-24(28-29)25(6-2,32-3)33-4)16-18-9-11-19(12-10-18)21-17-26-14-13-20(21)23(30)31/h9-14,17H,5-8,15-16H2,1-4H3,(H,30,31). The van der Waals surface area contributed by atoms with Crippen molar-refractivity contribution >= 4 is 5.97 Å². The summed E-state index contributed by atoms with van der Waals surface area (Å²) in [6, 6.07) is 9.31. The molecule has 0 saturated heterocycles. The van der Waals surface area contributed by atoms with Gasteiger partial charge < -0.3 is 14.6 Å². The molecule has 3 rings (SSSR count). The molecule has 33 heavy (non-hydrogen) atoms. The summed E-state index contributed by atoms with van der Waals surface area (Å²) in [6.07, 6.45) is 7.50. The summed E-state index contributed by atoms with van der Waals surface area (Å²) >= 11 is 0.